The standard InChI is InChI=1S/C20H30N2O3/c1-14-5-4-6-17(13-14)25-19-8-3-2-7-18(19)22-20(24)21-15-9-11-16(23)12-10-15/h4-6,13,15-16,18-19,23H,2-3,7-12H2,1H3,(H2,21,22,24). The SMILES string of the molecule is Cc1cccc(OC2CCCCC2NC(=O)NC2CCC(O)CC2)c1. The first-order chi connectivity index (χ1) is 12.1. The Hall–Kier alpha value is -1.75. The Morgan fingerprint density at radius 1 is 1.08 bits per heavy atom. The fraction of sp³-hybridized carbons (Fsp3) is 0.650. The highest BCUT2D eigenvalue weighted by molar-refractivity contribution is 5.74. The molecule has 2 unspecified atom stereocenters. The zero-order chi connectivity index (χ0) is 17.6. The highest BCUT2D eigenvalue weighted by atomic mass is 16.5. The van der Waals surface area contributed by atoms with Crippen LogP contribution >= 0.6 is 0 Å². The molecule has 2 saturated carbocycles. The van der Waals surface area contributed by atoms with E-state index in [1.807, 2.05) is 18.2 Å². The number of hydrogen-bond donors (Lipinski definition) is 3. The topological polar surface area (TPSA) is 70.6 Å². The summed E-state index contributed by atoms with van der Waals surface area (Å²) in [6.07, 6.45) is 7.24. The van der Waals surface area contributed by atoms with Crippen molar-refractivity contribution in [1.29, 1.82) is 0 Å². The van der Waals surface area contributed by atoms with E-state index in [9.17, 15) is 9.90 Å². The lowest BCUT2D eigenvalue weighted by molar-refractivity contribution is 0.109. The van der Waals surface area contributed by atoms with Gasteiger partial charge < -0.3 is 20.5 Å². The zero-order valence-electron chi connectivity index (χ0n) is 15.0. The molecule has 3 rings (SSSR count). The van der Waals surface area contributed by atoms with Gasteiger partial charge in [-0.25, -0.2) is 4.79 Å². The molecule has 25 heavy (non-hydrogen) atoms. The lowest BCUT2D eigenvalue weighted by Gasteiger charge is -2.33. The van der Waals surface area contributed by atoms with Crippen LogP contribution in [0.5, 0.6) is 5.75 Å². The highest BCUT2D eigenvalue weighted by Gasteiger charge is 2.29. The van der Waals surface area contributed by atoms with Crippen molar-refractivity contribution >= 4 is 6.03 Å². The highest BCUT2D eigenvalue weighted by Crippen LogP contribution is 2.25. The van der Waals surface area contributed by atoms with E-state index in [1.54, 1.807) is 0 Å². The van der Waals surface area contributed by atoms with Crippen molar-refractivity contribution in [2.24, 2.45) is 0 Å². The van der Waals surface area contributed by atoms with Gasteiger partial charge in [0.15, 0.2) is 0 Å². The maximum atomic E-state index is 12.4. The number of rotatable bonds is 4. The van der Waals surface area contributed by atoms with Crippen molar-refractivity contribution in [1.82, 2.24) is 10.6 Å². The smallest absolute Gasteiger partial charge is 0.315 e. The molecule has 1 aromatic rings. The van der Waals surface area contributed by atoms with Gasteiger partial charge in [-0.3, -0.25) is 0 Å². The minimum absolute atomic E-state index is 0.0227. The van der Waals surface area contributed by atoms with Gasteiger partial charge in [-0.15, -0.1) is 0 Å². The number of urea groups is 1. The quantitative estimate of drug-likeness (QED) is 0.783. The number of hydrogen-bond acceptors (Lipinski definition) is 3. The van der Waals surface area contributed by atoms with Crippen molar-refractivity contribution in [2.75, 3.05) is 0 Å². The fourth-order valence-corrected chi connectivity index (χ4v) is 3.88. The maximum Gasteiger partial charge on any atom is 0.315 e. The van der Waals surface area contributed by atoms with Gasteiger partial charge >= 0.3 is 6.03 Å². The van der Waals surface area contributed by atoms with E-state index in [0.717, 1.165) is 57.1 Å². The second kappa shape index (κ2) is 8.56. The van der Waals surface area contributed by atoms with Crippen molar-refractivity contribution in [2.45, 2.75) is 82.6 Å². The van der Waals surface area contributed by atoms with E-state index in [-0.39, 0.29) is 30.3 Å². The first-order valence-electron chi connectivity index (χ1n) is 9.58. The molecule has 0 saturated heterocycles. The fourth-order valence-electron chi connectivity index (χ4n) is 3.88. The normalized spacial score (nSPS) is 29.7. The molecule has 0 heterocycles. The Labute approximate surface area is 150 Å². The van der Waals surface area contributed by atoms with E-state index in [2.05, 4.69) is 23.6 Å². The van der Waals surface area contributed by atoms with Gasteiger partial charge in [0.2, 0.25) is 0 Å². The molecule has 0 bridgehead atoms. The summed E-state index contributed by atoms with van der Waals surface area (Å²) in [5.41, 5.74) is 1.18. The van der Waals surface area contributed by atoms with Gasteiger partial charge in [0.1, 0.15) is 11.9 Å². The van der Waals surface area contributed by atoms with Crippen molar-refractivity contribution in [3.05, 3.63) is 29.8 Å². The van der Waals surface area contributed by atoms with Crippen LogP contribution in [-0.4, -0.2) is 35.4 Å². The van der Waals surface area contributed by atoms with Crippen molar-refractivity contribution in [3.63, 3.8) is 0 Å². The summed E-state index contributed by atoms with van der Waals surface area (Å²) in [6, 6.07) is 8.18. The summed E-state index contributed by atoms with van der Waals surface area (Å²) in [5.74, 6) is 0.875. The minimum atomic E-state index is -0.202. The molecule has 1 aromatic carbocycles. The Morgan fingerprint density at radius 2 is 1.84 bits per heavy atom. The number of amides is 2. The third-order valence-corrected chi connectivity index (χ3v) is 5.33. The van der Waals surface area contributed by atoms with Crippen molar-refractivity contribution in [3.8, 4) is 5.75 Å². The molecule has 2 amide bonds. The predicted molar refractivity (Wildman–Crippen MR) is 97.8 cm³/mol. The summed E-state index contributed by atoms with van der Waals surface area (Å²) in [5, 5.41) is 15.8. The molecule has 0 spiro atoms. The van der Waals surface area contributed by atoms with Gasteiger partial charge in [0.05, 0.1) is 12.1 Å². The van der Waals surface area contributed by atoms with Gasteiger partial charge in [0, 0.05) is 6.04 Å². The molecule has 0 radical (unpaired) electrons. The van der Waals surface area contributed by atoms with Crippen LogP contribution in [0.1, 0.15) is 56.9 Å². The molecular weight excluding hydrogens is 316 g/mol. The second-order valence-corrected chi connectivity index (χ2v) is 7.49. The Bertz CT molecular complexity index is 570. The Kier molecular flexibility index (Phi) is 6.19. The molecule has 138 valence electrons. The van der Waals surface area contributed by atoms with Gasteiger partial charge in [-0.05, 0) is 69.6 Å². The van der Waals surface area contributed by atoms with Crippen LogP contribution in [0.15, 0.2) is 24.3 Å². The molecule has 5 heteroatoms. The maximum absolute atomic E-state index is 12.4. The molecule has 5 nitrogen and oxygen atoms in total. The van der Waals surface area contributed by atoms with E-state index in [4.69, 9.17) is 4.74 Å². The lowest BCUT2D eigenvalue weighted by Crippen LogP contribution is -2.53. The zero-order valence-corrected chi connectivity index (χ0v) is 15.0. The molecule has 3 N–H and O–H groups in total. The summed E-state index contributed by atoms with van der Waals surface area (Å²) >= 11 is 0. The predicted octanol–water partition coefficient (Wildman–Crippen LogP) is 3.29. The van der Waals surface area contributed by atoms with Gasteiger partial charge in [0.25, 0.3) is 0 Å². The van der Waals surface area contributed by atoms with Crippen LogP contribution in [0, 0.1) is 6.92 Å². The van der Waals surface area contributed by atoms with E-state index in [1.165, 1.54) is 5.56 Å². The number of carbonyl (C=O) groups excluding carboxylic acids is 1. The van der Waals surface area contributed by atoms with Crippen LogP contribution in [0.4, 0.5) is 4.79 Å². The average Bonchev–Trinajstić information content (AvgIpc) is 2.59. The lowest BCUT2D eigenvalue weighted by atomic mass is 9.92. The summed E-state index contributed by atoms with van der Waals surface area (Å²) < 4.78 is 6.18. The van der Waals surface area contributed by atoms with Crippen LogP contribution in [-0.2, 0) is 0 Å². The van der Waals surface area contributed by atoms with E-state index in [0.29, 0.717) is 0 Å². The first kappa shape index (κ1) is 18.1. The number of benzene rings is 1. The van der Waals surface area contributed by atoms with Gasteiger partial charge in [-0.1, -0.05) is 18.6 Å². The number of aryl methyl sites for hydroxylation is 1. The third kappa shape index (κ3) is 5.36. The molecule has 2 fully saturated rings. The summed E-state index contributed by atoms with van der Waals surface area (Å²) in [6.45, 7) is 2.05. The molecule has 2 aliphatic rings. The van der Waals surface area contributed by atoms with E-state index < -0.39 is 0 Å². The number of carbonyl (C=O) groups is 1. The number of nitrogens with one attached hydrogen (secondary N) is 2. The van der Waals surface area contributed by atoms with Gasteiger partial charge in [-0.2, -0.15) is 0 Å². The molecule has 0 aromatic heterocycles. The minimum Gasteiger partial charge on any atom is -0.488 e. The third-order valence-electron chi connectivity index (χ3n) is 5.33. The second-order valence-electron chi connectivity index (χ2n) is 7.49. The van der Waals surface area contributed by atoms with Crippen LogP contribution in [0.25, 0.3) is 0 Å². The molecular formula is C20H30N2O3. The average molecular weight is 346 g/mol. The largest absolute Gasteiger partial charge is 0.488 e. The first-order valence-corrected chi connectivity index (χ1v) is 9.58. The molecule has 2 aliphatic carbocycles. The van der Waals surface area contributed by atoms with Crippen LogP contribution in [0.3, 0.4) is 0 Å². The van der Waals surface area contributed by atoms with Crippen LogP contribution < -0.4 is 15.4 Å². The number of aliphatic hydroxyl groups is 1. The number of ether oxygens (including phenoxy) is 1. The Morgan fingerprint density at radius 3 is 2.60 bits per heavy atom. The van der Waals surface area contributed by atoms with Crippen molar-refractivity contribution < 1.29 is 14.6 Å². The number of aliphatic hydroxyl groups excluding tert-OH is 1. The summed E-state index contributed by atoms with van der Waals surface area (Å²) in [4.78, 5) is 12.4. The monoisotopic (exact) mass is 346 g/mol. The van der Waals surface area contributed by atoms with Crippen LogP contribution in [0.2, 0.25) is 0 Å². The van der Waals surface area contributed by atoms with E-state index >= 15 is 0 Å². The Balaban J connectivity index is 1.52. The molecule has 2 atom stereocenters. The molecule has 0 aliphatic heterocycles. The summed E-state index contributed by atoms with van der Waals surface area (Å²) in [7, 11) is 0.